The van der Waals surface area contributed by atoms with Crippen molar-refractivity contribution in [3.05, 3.63) is 39.6 Å². The summed E-state index contributed by atoms with van der Waals surface area (Å²) in [5, 5.41) is 0.513. The molecule has 3 nitrogen and oxygen atoms in total. The van der Waals surface area contributed by atoms with Crippen LogP contribution < -0.4 is 10.3 Å². The van der Waals surface area contributed by atoms with Crippen molar-refractivity contribution in [3.8, 4) is 5.75 Å². The number of rotatable bonds is 1. The van der Waals surface area contributed by atoms with Gasteiger partial charge in [-0.15, -0.1) is 13.2 Å². The first-order valence-corrected chi connectivity index (χ1v) is 4.82. The van der Waals surface area contributed by atoms with Gasteiger partial charge in [0.1, 0.15) is 0 Å². The maximum absolute atomic E-state index is 12.1. The topological polar surface area (TPSA) is 42.1 Å². The molecule has 0 saturated heterocycles. The number of ether oxygens (including phenoxy) is 1. The molecule has 90 valence electrons. The molecule has 1 aromatic heterocycles. The lowest BCUT2D eigenvalue weighted by Gasteiger charge is -2.11. The molecule has 1 aromatic carbocycles. The summed E-state index contributed by atoms with van der Waals surface area (Å²) in [6.45, 7) is 0. The van der Waals surface area contributed by atoms with Gasteiger partial charge in [0.2, 0.25) is 5.56 Å². The molecule has 0 amide bonds. The van der Waals surface area contributed by atoms with Gasteiger partial charge in [0.05, 0.1) is 10.5 Å². The summed E-state index contributed by atoms with van der Waals surface area (Å²) in [5.74, 6) is -0.491. The third kappa shape index (κ3) is 2.52. The summed E-state index contributed by atoms with van der Waals surface area (Å²) in [6, 6.07) is 4.82. The normalized spacial score (nSPS) is 11.8. The molecule has 0 aliphatic rings. The molecule has 0 fully saturated rings. The van der Waals surface area contributed by atoms with E-state index in [0.717, 1.165) is 6.07 Å². The Morgan fingerprint density at radius 2 is 1.88 bits per heavy atom. The Labute approximate surface area is 97.8 Å². The van der Waals surface area contributed by atoms with Crippen LogP contribution in [0.5, 0.6) is 5.75 Å². The molecule has 2 rings (SSSR count). The highest BCUT2D eigenvalue weighted by Gasteiger charge is 2.32. The Balaban J connectivity index is 2.68. The molecular formula is C10H5ClF3NO2. The summed E-state index contributed by atoms with van der Waals surface area (Å²) >= 11 is 5.79. The van der Waals surface area contributed by atoms with Crippen LogP contribution in [0.4, 0.5) is 13.2 Å². The van der Waals surface area contributed by atoms with Gasteiger partial charge in [-0.05, 0) is 18.2 Å². The number of aromatic amines is 1. The molecule has 0 aliphatic carbocycles. The maximum Gasteiger partial charge on any atom is 0.573 e. The van der Waals surface area contributed by atoms with Gasteiger partial charge in [-0.2, -0.15) is 0 Å². The van der Waals surface area contributed by atoms with Crippen molar-refractivity contribution in [1.82, 2.24) is 4.98 Å². The number of benzene rings is 1. The van der Waals surface area contributed by atoms with E-state index < -0.39 is 17.7 Å². The Kier molecular flexibility index (Phi) is 2.74. The predicted molar refractivity (Wildman–Crippen MR) is 56.3 cm³/mol. The van der Waals surface area contributed by atoms with Gasteiger partial charge in [0.15, 0.2) is 5.75 Å². The van der Waals surface area contributed by atoms with E-state index in [1.807, 2.05) is 0 Å². The van der Waals surface area contributed by atoms with Crippen molar-refractivity contribution in [1.29, 1.82) is 0 Å². The molecule has 17 heavy (non-hydrogen) atoms. The molecular weight excluding hydrogens is 259 g/mol. The van der Waals surface area contributed by atoms with Gasteiger partial charge in [-0.25, -0.2) is 0 Å². The molecule has 0 saturated carbocycles. The van der Waals surface area contributed by atoms with E-state index in [9.17, 15) is 18.0 Å². The number of pyridine rings is 1. The van der Waals surface area contributed by atoms with Gasteiger partial charge in [0.25, 0.3) is 0 Å². The van der Waals surface area contributed by atoms with Crippen LogP contribution in [0.1, 0.15) is 0 Å². The molecule has 7 heteroatoms. The number of halogens is 4. The van der Waals surface area contributed by atoms with E-state index in [2.05, 4.69) is 9.72 Å². The van der Waals surface area contributed by atoms with Crippen LogP contribution in [0.2, 0.25) is 5.02 Å². The van der Waals surface area contributed by atoms with Gasteiger partial charge >= 0.3 is 6.36 Å². The van der Waals surface area contributed by atoms with E-state index in [1.54, 1.807) is 0 Å². The second-order valence-corrected chi connectivity index (χ2v) is 3.61. The van der Waals surface area contributed by atoms with Gasteiger partial charge in [0, 0.05) is 11.5 Å². The minimum atomic E-state index is -4.83. The molecule has 0 radical (unpaired) electrons. The summed E-state index contributed by atoms with van der Waals surface area (Å²) in [5.41, 5.74) is -0.617. The van der Waals surface area contributed by atoms with Crippen LogP contribution in [0.15, 0.2) is 29.1 Å². The third-order valence-corrected chi connectivity index (χ3v) is 2.36. The number of aromatic nitrogens is 1. The van der Waals surface area contributed by atoms with Crippen molar-refractivity contribution in [3.63, 3.8) is 0 Å². The highest BCUT2D eigenvalue weighted by Crippen LogP contribution is 2.32. The van der Waals surface area contributed by atoms with Crippen molar-refractivity contribution in [2.75, 3.05) is 0 Å². The average molecular weight is 264 g/mol. The smallest absolute Gasteiger partial charge is 0.404 e. The van der Waals surface area contributed by atoms with Crippen LogP contribution in [-0.2, 0) is 0 Å². The van der Waals surface area contributed by atoms with Gasteiger partial charge in [-0.3, -0.25) is 4.79 Å². The maximum atomic E-state index is 12.1. The van der Waals surface area contributed by atoms with Crippen LogP contribution in [0, 0.1) is 0 Å². The Bertz CT molecular complexity index is 621. The number of hydrogen-bond donors (Lipinski definition) is 1. The summed E-state index contributed by atoms with van der Waals surface area (Å²) < 4.78 is 40.2. The second-order valence-electron chi connectivity index (χ2n) is 3.20. The van der Waals surface area contributed by atoms with Crippen molar-refractivity contribution in [2.24, 2.45) is 0 Å². The fourth-order valence-corrected chi connectivity index (χ4v) is 1.62. The molecule has 0 spiro atoms. The largest absolute Gasteiger partial charge is 0.573 e. The minimum absolute atomic E-state index is 0.0812. The van der Waals surface area contributed by atoms with Gasteiger partial charge < -0.3 is 9.72 Å². The number of hydrogen-bond acceptors (Lipinski definition) is 2. The van der Waals surface area contributed by atoms with Crippen molar-refractivity contribution >= 4 is 22.5 Å². The first kappa shape index (κ1) is 11.8. The number of nitrogens with one attached hydrogen (secondary N) is 1. The summed E-state index contributed by atoms with van der Waals surface area (Å²) in [4.78, 5) is 13.3. The monoisotopic (exact) mass is 263 g/mol. The molecule has 1 heterocycles. The van der Waals surface area contributed by atoms with Crippen LogP contribution >= 0.6 is 11.6 Å². The third-order valence-electron chi connectivity index (χ3n) is 2.03. The Morgan fingerprint density at radius 1 is 1.18 bits per heavy atom. The minimum Gasteiger partial charge on any atom is -0.404 e. The highest BCUT2D eigenvalue weighted by molar-refractivity contribution is 6.35. The van der Waals surface area contributed by atoms with Crippen LogP contribution in [-0.4, -0.2) is 11.3 Å². The lowest BCUT2D eigenvalue weighted by atomic mass is 10.2. The van der Waals surface area contributed by atoms with E-state index in [4.69, 9.17) is 11.6 Å². The van der Waals surface area contributed by atoms with Crippen LogP contribution in [0.3, 0.4) is 0 Å². The van der Waals surface area contributed by atoms with E-state index in [-0.39, 0.29) is 15.9 Å². The summed E-state index contributed by atoms with van der Waals surface area (Å²) in [6.07, 6.45) is -4.83. The van der Waals surface area contributed by atoms with Gasteiger partial charge in [-0.1, -0.05) is 11.6 Å². The fourth-order valence-electron chi connectivity index (χ4n) is 1.40. The number of H-pyrrole nitrogens is 1. The first-order chi connectivity index (χ1) is 7.87. The van der Waals surface area contributed by atoms with E-state index in [1.165, 1.54) is 18.2 Å². The van der Waals surface area contributed by atoms with Crippen molar-refractivity contribution < 1.29 is 17.9 Å². The highest BCUT2D eigenvalue weighted by atomic mass is 35.5. The molecule has 0 aliphatic heterocycles. The fraction of sp³-hybridized carbons (Fsp3) is 0.100. The lowest BCUT2D eigenvalue weighted by molar-refractivity contribution is -0.274. The molecule has 0 unspecified atom stereocenters. The van der Waals surface area contributed by atoms with E-state index >= 15 is 0 Å². The summed E-state index contributed by atoms with van der Waals surface area (Å²) in [7, 11) is 0. The second kappa shape index (κ2) is 3.96. The van der Waals surface area contributed by atoms with E-state index in [0.29, 0.717) is 0 Å². The SMILES string of the molecule is O=c1ccc2c(Cl)ccc(OC(F)(F)F)c2[nH]1. The zero-order valence-electron chi connectivity index (χ0n) is 8.14. The molecule has 0 bridgehead atoms. The average Bonchev–Trinajstić information content (AvgIpc) is 2.20. The molecule has 1 N–H and O–H groups in total. The number of alkyl halides is 3. The zero-order valence-corrected chi connectivity index (χ0v) is 8.89. The first-order valence-electron chi connectivity index (χ1n) is 4.44. The zero-order chi connectivity index (χ0) is 12.6. The molecule has 0 atom stereocenters. The Morgan fingerprint density at radius 3 is 2.53 bits per heavy atom. The number of fused-ring (bicyclic) bond motifs is 1. The quantitative estimate of drug-likeness (QED) is 0.859. The standard InChI is InChI=1S/C10H5ClF3NO2/c11-6-2-3-7(17-10(12,13)14)9-5(6)1-4-8(16)15-9/h1-4H,(H,15,16). The van der Waals surface area contributed by atoms with Crippen LogP contribution in [0.25, 0.3) is 10.9 Å². The Hall–Kier alpha value is -1.69. The predicted octanol–water partition coefficient (Wildman–Crippen LogP) is 3.08. The van der Waals surface area contributed by atoms with Crippen molar-refractivity contribution in [2.45, 2.75) is 6.36 Å². The molecule has 2 aromatic rings. The lowest BCUT2D eigenvalue weighted by Crippen LogP contribution is -2.18.